The Labute approximate surface area is 130 Å². The molecule has 0 spiro atoms. The molecule has 2 heterocycles. The molecule has 0 radical (unpaired) electrons. The topological polar surface area (TPSA) is 44.7 Å². The minimum atomic E-state index is -0.185. The maximum absolute atomic E-state index is 10.1. The SMILES string of the molecule is CCNC1C(CN2CCC(C)C(O)C2)C(C)(C)OC1(C)C. The van der Waals surface area contributed by atoms with Gasteiger partial charge in [-0.15, -0.1) is 0 Å². The van der Waals surface area contributed by atoms with E-state index in [1.54, 1.807) is 0 Å². The van der Waals surface area contributed by atoms with Crippen molar-refractivity contribution in [2.24, 2.45) is 11.8 Å². The molecule has 4 heteroatoms. The summed E-state index contributed by atoms with van der Waals surface area (Å²) >= 11 is 0. The molecule has 4 atom stereocenters. The lowest BCUT2D eigenvalue weighted by Gasteiger charge is -2.39. The summed E-state index contributed by atoms with van der Waals surface area (Å²) in [4.78, 5) is 2.42. The van der Waals surface area contributed by atoms with E-state index in [1.807, 2.05) is 0 Å². The van der Waals surface area contributed by atoms with Gasteiger partial charge in [-0.05, 0) is 53.1 Å². The molecular formula is C17H34N2O2. The second-order valence-electron chi connectivity index (χ2n) is 8.04. The first-order valence-electron chi connectivity index (χ1n) is 8.51. The van der Waals surface area contributed by atoms with Gasteiger partial charge in [0.2, 0.25) is 0 Å². The molecule has 0 aromatic rings. The van der Waals surface area contributed by atoms with E-state index in [1.165, 1.54) is 0 Å². The van der Waals surface area contributed by atoms with Crippen molar-refractivity contribution in [2.45, 2.75) is 71.3 Å². The van der Waals surface area contributed by atoms with Crippen LogP contribution in [0.15, 0.2) is 0 Å². The predicted octanol–water partition coefficient (Wildman–Crippen LogP) is 1.87. The van der Waals surface area contributed by atoms with Crippen molar-refractivity contribution in [3.05, 3.63) is 0 Å². The predicted molar refractivity (Wildman–Crippen MR) is 86.4 cm³/mol. The summed E-state index contributed by atoms with van der Waals surface area (Å²) < 4.78 is 6.35. The number of rotatable bonds is 4. The monoisotopic (exact) mass is 298 g/mol. The highest BCUT2D eigenvalue weighted by molar-refractivity contribution is 5.06. The highest BCUT2D eigenvalue weighted by Crippen LogP contribution is 2.42. The third kappa shape index (κ3) is 3.61. The fraction of sp³-hybridized carbons (Fsp3) is 1.00. The third-order valence-electron chi connectivity index (χ3n) is 5.45. The second-order valence-corrected chi connectivity index (χ2v) is 8.04. The minimum Gasteiger partial charge on any atom is -0.392 e. The van der Waals surface area contributed by atoms with E-state index < -0.39 is 0 Å². The Kier molecular flexibility index (Phi) is 5.04. The molecule has 2 rings (SSSR count). The number of ether oxygens (including phenoxy) is 1. The van der Waals surface area contributed by atoms with Crippen molar-refractivity contribution < 1.29 is 9.84 Å². The maximum atomic E-state index is 10.1. The van der Waals surface area contributed by atoms with E-state index in [0.717, 1.165) is 32.6 Å². The third-order valence-corrected chi connectivity index (χ3v) is 5.45. The molecule has 4 nitrogen and oxygen atoms in total. The lowest BCUT2D eigenvalue weighted by Crippen LogP contribution is -2.53. The molecule has 2 fully saturated rings. The van der Waals surface area contributed by atoms with Gasteiger partial charge in [0, 0.05) is 25.0 Å². The van der Waals surface area contributed by atoms with Gasteiger partial charge in [0.1, 0.15) is 0 Å². The Morgan fingerprint density at radius 1 is 1.24 bits per heavy atom. The average molecular weight is 298 g/mol. The van der Waals surface area contributed by atoms with Crippen LogP contribution in [0.2, 0.25) is 0 Å². The van der Waals surface area contributed by atoms with Gasteiger partial charge in [-0.2, -0.15) is 0 Å². The summed E-state index contributed by atoms with van der Waals surface area (Å²) in [7, 11) is 0. The van der Waals surface area contributed by atoms with Gasteiger partial charge >= 0.3 is 0 Å². The molecule has 2 N–H and O–H groups in total. The number of aliphatic hydroxyl groups is 1. The molecule has 0 aromatic carbocycles. The van der Waals surface area contributed by atoms with Gasteiger partial charge in [0.05, 0.1) is 17.3 Å². The number of nitrogens with zero attached hydrogens (tertiary/aromatic N) is 1. The van der Waals surface area contributed by atoms with E-state index in [4.69, 9.17) is 4.74 Å². The lowest BCUT2D eigenvalue weighted by molar-refractivity contribution is -0.0814. The van der Waals surface area contributed by atoms with Crippen LogP contribution in [0.4, 0.5) is 0 Å². The molecular weight excluding hydrogens is 264 g/mol. The zero-order valence-corrected chi connectivity index (χ0v) is 14.6. The van der Waals surface area contributed by atoms with Gasteiger partial charge in [-0.25, -0.2) is 0 Å². The molecule has 0 aromatic heterocycles. The van der Waals surface area contributed by atoms with Crippen LogP contribution in [0.1, 0.15) is 48.0 Å². The Bertz CT molecular complexity index is 357. The van der Waals surface area contributed by atoms with Crippen molar-refractivity contribution in [2.75, 3.05) is 26.2 Å². The van der Waals surface area contributed by atoms with Crippen LogP contribution in [0, 0.1) is 11.8 Å². The van der Waals surface area contributed by atoms with Crippen molar-refractivity contribution in [1.82, 2.24) is 10.2 Å². The smallest absolute Gasteiger partial charge is 0.0790 e. The fourth-order valence-corrected chi connectivity index (χ4v) is 4.19. The molecule has 0 saturated carbocycles. The highest BCUT2D eigenvalue weighted by Gasteiger charge is 2.53. The first-order chi connectivity index (χ1) is 9.67. The maximum Gasteiger partial charge on any atom is 0.0790 e. The van der Waals surface area contributed by atoms with Gasteiger partial charge in [0.25, 0.3) is 0 Å². The zero-order valence-electron chi connectivity index (χ0n) is 14.6. The van der Waals surface area contributed by atoms with Crippen LogP contribution < -0.4 is 5.32 Å². The fourth-order valence-electron chi connectivity index (χ4n) is 4.19. The van der Waals surface area contributed by atoms with Crippen LogP contribution in [0.5, 0.6) is 0 Å². The Hall–Kier alpha value is -0.160. The number of hydrogen-bond donors (Lipinski definition) is 2. The number of likely N-dealkylation sites (N-methyl/N-ethyl adjacent to an activating group) is 1. The number of nitrogens with one attached hydrogen (secondary N) is 1. The first-order valence-corrected chi connectivity index (χ1v) is 8.51. The first kappa shape index (κ1) is 17.2. The lowest BCUT2D eigenvalue weighted by atomic mass is 9.81. The van der Waals surface area contributed by atoms with Crippen molar-refractivity contribution >= 4 is 0 Å². The van der Waals surface area contributed by atoms with Crippen LogP contribution in [0.3, 0.4) is 0 Å². The van der Waals surface area contributed by atoms with Crippen LogP contribution in [0.25, 0.3) is 0 Å². The summed E-state index contributed by atoms with van der Waals surface area (Å²) in [6.45, 7) is 16.9. The van der Waals surface area contributed by atoms with Crippen molar-refractivity contribution in [3.8, 4) is 0 Å². The van der Waals surface area contributed by atoms with Gasteiger partial charge in [-0.3, -0.25) is 0 Å². The molecule has 4 unspecified atom stereocenters. The van der Waals surface area contributed by atoms with E-state index in [-0.39, 0.29) is 17.3 Å². The largest absolute Gasteiger partial charge is 0.392 e. The molecule has 2 aliphatic heterocycles. The Morgan fingerprint density at radius 2 is 1.90 bits per heavy atom. The van der Waals surface area contributed by atoms with Gasteiger partial charge < -0.3 is 20.1 Å². The number of β-amino-alcohol motifs (C(OH)–C–C–N with tert-alkyl or cyclic N) is 1. The molecule has 0 bridgehead atoms. The molecule has 124 valence electrons. The number of piperidine rings is 1. The average Bonchev–Trinajstić information content (AvgIpc) is 2.52. The number of hydrogen-bond acceptors (Lipinski definition) is 4. The molecule has 2 saturated heterocycles. The Morgan fingerprint density at radius 3 is 2.48 bits per heavy atom. The second kappa shape index (κ2) is 6.15. The summed E-state index contributed by atoms with van der Waals surface area (Å²) in [6, 6.07) is 0.356. The molecule has 2 aliphatic rings. The van der Waals surface area contributed by atoms with E-state index in [2.05, 4.69) is 51.8 Å². The molecule has 21 heavy (non-hydrogen) atoms. The van der Waals surface area contributed by atoms with Crippen molar-refractivity contribution in [3.63, 3.8) is 0 Å². The Balaban J connectivity index is 2.08. The summed E-state index contributed by atoms with van der Waals surface area (Å²) in [5.74, 6) is 0.864. The standard InChI is InChI=1S/C17H34N2O2/c1-7-18-15-13(16(3,4)21-17(15,5)6)10-19-9-8-12(2)14(20)11-19/h12-15,18,20H,7-11H2,1-6H3. The quantitative estimate of drug-likeness (QED) is 0.832. The zero-order chi connectivity index (χ0) is 15.8. The normalized spacial score (nSPS) is 39.6. The van der Waals surface area contributed by atoms with E-state index in [9.17, 15) is 5.11 Å². The van der Waals surface area contributed by atoms with E-state index in [0.29, 0.717) is 17.9 Å². The van der Waals surface area contributed by atoms with Crippen LogP contribution >= 0.6 is 0 Å². The summed E-state index contributed by atoms with van der Waals surface area (Å²) in [5.41, 5.74) is -0.282. The number of likely N-dealkylation sites (tertiary alicyclic amines) is 1. The van der Waals surface area contributed by atoms with Gasteiger partial charge in [0.15, 0.2) is 0 Å². The van der Waals surface area contributed by atoms with Crippen LogP contribution in [-0.2, 0) is 4.74 Å². The van der Waals surface area contributed by atoms with E-state index >= 15 is 0 Å². The number of aliphatic hydroxyl groups excluding tert-OH is 1. The molecule has 0 amide bonds. The minimum absolute atomic E-state index is 0.135. The van der Waals surface area contributed by atoms with Crippen LogP contribution in [-0.4, -0.2) is 59.5 Å². The summed E-state index contributed by atoms with van der Waals surface area (Å²) in [6.07, 6.45) is 0.902. The van der Waals surface area contributed by atoms with Gasteiger partial charge in [-0.1, -0.05) is 13.8 Å². The van der Waals surface area contributed by atoms with Crippen molar-refractivity contribution in [1.29, 1.82) is 0 Å². The molecule has 0 aliphatic carbocycles. The summed E-state index contributed by atoms with van der Waals surface area (Å²) in [5, 5.41) is 13.8. The highest BCUT2D eigenvalue weighted by atomic mass is 16.5.